The molecule has 1 nitrogen and oxygen atoms in total. The minimum Gasteiger partial charge on any atom is -0.261 e. The maximum atomic E-state index is 2.80. The van der Waals surface area contributed by atoms with E-state index in [0.717, 1.165) is 0 Å². The van der Waals surface area contributed by atoms with Gasteiger partial charge in [0.15, 0.2) is 0 Å². The first-order valence-electron chi connectivity index (χ1n) is 7.74. The molecule has 0 bridgehead atoms. The maximum absolute atomic E-state index is 2.80. The summed E-state index contributed by atoms with van der Waals surface area (Å²) in [5, 5.41) is 1.39. The van der Waals surface area contributed by atoms with Crippen LogP contribution in [0.4, 0.5) is 0 Å². The van der Waals surface area contributed by atoms with Crippen molar-refractivity contribution in [2.45, 2.75) is 104 Å². The van der Waals surface area contributed by atoms with Crippen LogP contribution in [0.3, 0.4) is 0 Å². The van der Waals surface area contributed by atoms with Crippen LogP contribution in [0.25, 0.3) is 0 Å². The minimum absolute atomic E-state index is 0.210. The Morgan fingerprint density at radius 2 is 0.600 bits per heavy atom. The summed E-state index contributed by atoms with van der Waals surface area (Å²) in [4.78, 5) is 0. The topological polar surface area (TPSA) is 3.24 Å². The standard InChI is InChI=1S/C17H39NP2/c1-14(2,3)19(15(4,5)6)18(13)20(16(7,8)9)17(10,11)12/h1-13H3. The predicted octanol–water partition coefficient (Wildman–Crippen LogP) is 6.91. The molecule has 0 radical (unpaired) electrons. The van der Waals surface area contributed by atoms with Crippen LogP contribution in [0.15, 0.2) is 0 Å². The van der Waals surface area contributed by atoms with Crippen LogP contribution in [0.2, 0.25) is 0 Å². The summed E-state index contributed by atoms with van der Waals surface area (Å²) in [6.07, 6.45) is 0. The van der Waals surface area contributed by atoms with E-state index in [4.69, 9.17) is 0 Å². The third-order valence-electron chi connectivity index (χ3n) is 3.12. The number of nitrogens with zero attached hydrogens (tertiary/aromatic N) is 1. The highest BCUT2D eigenvalue weighted by Crippen LogP contribution is 2.74. The van der Waals surface area contributed by atoms with Crippen LogP contribution < -0.4 is 0 Å². The van der Waals surface area contributed by atoms with E-state index in [-0.39, 0.29) is 16.1 Å². The van der Waals surface area contributed by atoms with Gasteiger partial charge in [-0.3, -0.25) is 4.44 Å². The van der Waals surface area contributed by atoms with Crippen molar-refractivity contribution in [3.05, 3.63) is 0 Å². The molecule has 0 aromatic rings. The lowest BCUT2D eigenvalue weighted by molar-refractivity contribution is 0.609. The molecule has 0 rings (SSSR count). The van der Waals surface area contributed by atoms with Crippen molar-refractivity contribution in [1.82, 2.24) is 4.44 Å². The summed E-state index contributed by atoms with van der Waals surface area (Å²) in [5.41, 5.74) is 0. The van der Waals surface area contributed by atoms with Gasteiger partial charge in [-0.15, -0.1) is 0 Å². The van der Waals surface area contributed by atoms with E-state index in [2.05, 4.69) is 94.6 Å². The zero-order valence-corrected chi connectivity index (χ0v) is 18.1. The third kappa shape index (κ3) is 5.55. The molecule has 0 N–H and O–H groups in total. The van der Waals surface area contributed by atoms with Crippen LogP contribution in [0, 0.1) is 0 Å². The van der Waals surface area contributed by atoms with Gasteiger partial charge in [-0.2, -0.15) is 0 Å². The molecule has 0 aromatic heterocycles. The lowest BCUT2D eigenvalue weighted by Crippen LogP contribution is -2.39. The van der Waals surface area contributed by atoms with Gasteiger partial charge in [0.2, 0.25) is 0 Å². The normalized spacial score (nSPS) is 15.6. The minimum atomic E-state index is -0.210. The molecule has 0 aliphatic rings. The van der Waals surface area contributed by atoms with Crippen LogP contribution in [0.1, 0.15) is 83.1 Å². The van der Waals surface area contributed by atoms with Gasteiger partial charge >= 0.3 is 0 Å². The van der Waals surface area contributed by atoms with E-state index in [0.29, 0.717) is 20.6 Å². The molecule has 0 unspecified atom stereocenters. The van der Waals surface area contributed by atoms with E-state index >= 15 is 0 Å². The van der Waals surface area contributed by atoms with Crippen molar-refractivity contribution in [2.75, 3.05) is 7.05 Å². The Labute approximate surface area is 131 Å². The summed E-state index contributed by atoms with van der Waals surface area (Å²) in [5.74, 6) is 0. The maximum Gasteiger partial charge on any atom is -0.00397 e. The van der Waals surface area contributed by atoms with Gasteiger partial charge in [-0.05, 0) is 43.8 Å². The molecular weight excluding hydrogens is 280 g/mol. The molecule has 0 saturated heterocycles. The lowest BCUT2D eigenvalue weighted by Gasteiger charge is -2.55. The molecule has 0 spiro atoms. The molecule has 0 atom stereocenters. The van der Waals surface area contributed by atoms with Gasteiger partial charge in [-0.1, -0.05) is 83.1 Å². The number of rotatable bonds is 2. The summed E-state index contributed by atoms with van der Waals surface area (Å²) in [7, 11) is 1.97. The van der Waals surface area contributed by atoms with E-state index in [1.807, 2.05) is 0 Å². The fourth-order valence-corrected chi connectivity index (χ4v) is 15.3. The largest absolute Gasteiger partial charge is 0.261 e. The monoisotopic (exact) mass is 319 g/mol. The zero-order chi connectivity index (χ0) is 16.7. The molecule has 0 fully saturated rings. The molecule has 0 heterocycles. The molecule has 3 heteroatoms. The fourth-order valence-electron chi connectivity index (χ4n) is 3.84. The van der Waals surface area contributed by atoms with Gasteiger partial charge in [-0.25, -0.2) is 0 Å². The molecule has 0 amide bonds. The van der Waals surface area contributed by atoms with Crippen LogP contribution in [-0.4, -0.2) is 32.1 Å². The van der Waals surface area contributed by atoms with Crippen LogP contribution in [-0.2, 0) is 0 Å². The first kappa shape index (κ1) is 20.8. The van der Waals surface area contributed by atoms with Gasteiger partial charge in [0, 0.05) is 0 Å². The first-order valence-corrected chi connectivity index (χ1v) is 10.3. The predicted molar refractivity (Wildman–Crippen MR) is 101 cm³/mol. The second-order valence-corrected chi connectivity index (χ2v) is 17.9. The van der Waals surface area contributed by atoms with Gasteiger partial charge in [0.05, 0.1) is 0 Å². The van der Waals surface area contributed by atoms with Crippen LogP contribution in [0.5, 0.6) is 0 Å². The molecule has 122 valence electrons. The third-order valence-corrected chi connectivity index (χ3v) is 10.4. The smallest absolute Gasteiger partial charge is 0.00397 e. The van der Waals surface area contributed by atoms with Crippen molar-refractivity contribution in [1.29, 1.82) is 0 Å². The highest BCUT2D eigenvalue weighted by molar-refractivity contribution is 7.73. The highest BCUT2D eigenvalue weighted by atomic mass is 31.2. The number of hydrogen-bond acceptors (Lipinski definition) is 1. The van der Waals surface area contributed by atoms with Crippen molar-refractivity contribution in [3.8, 4) is 0 Å². The summed E-state index contributed by atoms with van der Waals surface area (Å²) < 4.78 is 2.80. The second-order valence-electron chi connectivity index (χ2n) is 9.80. The summed E-state index contributed by atoms with van der Waals surface area (Å²) >= 11 is 0. The summed E-state index contributed by atoms with van der Waals surface area (Å²) in [6, 6.07) is 0. The van der Waals surface area contributed by atoms with E-state index in [9.17, 15) is 0 Å². The van der Waals surface area contributed by atoms with Gasteiger partial charge < -0.3 is 0 Å². The van der Waals surface area contributed by atoms with Crippen LogP contribution >= 0.6 is 16.1 Å². The Morgan fingerprint density at radius 1 is 0.450 bits per heavy atom. The highest BCUT2D eigenvalue weighted by Gasteiger charge is 2.46. The van der Waals surface area contributed by atoms with E-state index < -0.39 is 0 Å². The van der Waals surface area contributed by atoms with Crippen molar-refractivity contribution >= 4 is 16.1 Å². The second kappa shape index (κ2) is 6.14. The SMILES string of the molecule is CN(P(C(C)(C)C)C(C)(C)C)P(C(C)(C)C)C(C)(C)C. The van der Waals surface area contributed by atoms with Gasteiger partial charge in [0.1, 0.15) is 0 Å². The molecular formula is C17H39NP2. The molecule has 20 heavy (non-hydrogen) atoms. The Balaban J connectivity index is 5.81. The molecule has 0 aliphatic carbocycles. The Kier molecular flexibility index (Phi) is 6.39. The molecule has 0 aliphatic heterocycles. The Bertz CT molecular complexity index is 250. The molecule has 0 aromatic carbocycles. The lowest BCUT2D eigenvalue weighted by atomic mass is 10.2. The Morgan fingerprint density at radius 3 is 0.700 bits per heavy atom. The summed E-state index contributed by atoms with van der Waals surface area (Å²) in [6.45, 7) is 29.0. The van der Waals surface area contributed by atoms with E-state index in [1.165, 1.54) is 0 Å². The van der Waals surface area contributed by atoms with Gasteiger partial charge in [0.25, 0.3) is 0 Å². The van der Waals surface area contributed by atoms with Crippen molar-refractivity contribution in [2.24, 2.45) is 0 Å². The number of hydrogen-bond donors (Lipinski definition) is 0. The van der Waals surface area contributed by atoms with Crippen molar-refractivity contribution in [3.63, 3.8) is 0 Å². The zero-order valence-electron chi connectivity index (χ0n) is 16.3. The van der Waals surface area contributed by atoms with E-state index in [1.54, 1.807) is 0 Å². The molecule has 0 saturated carbocycles. The Hall–Kier alpha value is 0.820. The quantitative estimate of drug-likeness (QED) is 0.500. The van der Waals surface area contributed by atoms with Crippen molar-refractivity contribution < 1.29 is 0 Å². The first-order chi connectivity index (χ1) is 8.40. The average Bonchev–Trinajstić information content (AvgIpc) is 1.88. The average molecular weight is 319 g/mol. The fraction of sp³-hybridized carbons (Fsp3) is 1.00.